The van der Waals surface area contributed by atoms with Gasteiger partial charge < -0.3 is 10.4 Å². The van der Waals surface area contributed by atoms with E-state index < -0.39 is 0 Å². The van der Waals surface area contributed by atoms with Crippen LogP contribution in [0.3, 0.4) is 0 Å². The standard InChI is InChI=1S/C20H29N3O/c1-19(2,3)18-17(11-21-14-20(15-24)9-10-20)13-23(22-18)12-16-7-5-4-6-8-16/h4-8,13,21,24H,9-12,14-15H2,1-3H3. The van der Waals surface area contributed by atoms with Gasteiger partial charge >= 0.3 is 0 Å². The van der Waals surface area contributed by atoms with Crippen LogP contribution in [-0.4, -0.2) is 28.0 Å². The van der Waals surface area contributed by atoms with Crippen LogP contribution in [0.1, 0.15) is 50.4 Å². The zero-order valence-corrected chi connectivity index (χ0v) is 15.0. The molecule has 1 heterocycles. The second-order valence-electron chi connectivity index (χ2n) is 8.20. The van der Waals surface area contributed by atoms with E-state index in [2.05, 4.69) is 56.6 Å². The largest absolute Gasteiger partial charge is 0.396 e. The van der Waals surface area contributed by atoms with Gasteiger partial charge in [-0.3, -0.25) is 4.68 Å². The van der Waals surface area contributed by atoms with Gasteiger partial charge in [0.15, 0.2) is 0 Å². The number of aliphatic hydroxyl groups is 1. The molecular formula is C20H29N3O. The third-order valence-electron chi connectivity index (χ3n) is 4.84. The van der Waals surface area contributed by atoms with Crippen molar-refractivity contribution in [2.45, 2.75) is 52.1 Å². The van der Waals surface area contributed by atoms with Crippen LogP contribution in [0.5, 0.6) is 0 Å². The Kier molecular flexibility index (Phi) is 4.79. The Balaban J connectivity index is 1.71. The second kappa shape index (κ2) is 6.69. The van der Waals surface area contributed by atoms with Gasteiger partial charge in [0.05, 0.1) is 12.2 Å². The van der Waals surface area contributed by atoms with Crippen LogP contribution in [0, 0.1) is 5.41 Å². The minimum atomic E-state index is 0.0210. The molecule has 1 aliphatic carbocycles. The summed E-state index contributed by atoms with van der Waals surface area (Å²) in [4.78, 5) is 0. The smallest absolute Gasteiger partial charge is 0.0723 e. The lowest BCUT2D eigenvalue weighted by Gasteiger charge is -2.18. The minimum absolute atomic E-state index is 0.0210. The van der Waals surface area contributed by atoms with E-state index in [0.29, 0.717) is 6.61 Å². The van der Waals surface area contributed by atoms with Crippen molar-refractivity contribution in [2.24, 2.45) is 5.41 Å². The van der Waals surface area contributed by atoms with E-state index in [4.69, 9.17) is 5.10 Å². The first-order valence-electron chi connectivity index (χ1n) is 8.84. The summed E-state index contributed by atoms with van der Waals surface area (Å²) >= 11 is 0. The lowest BCUT2D eigenvalue weighted by molar-refractivity contribution is 0.207. The Morgan fingerprint density at radius 1 is 1.21 bits per heavy atom. The fourth-order valence-electron chi connectivity index (χ4n) is 3.10. The van der Waals surface area contributed by atoms with Gasteiger partial charge in [0.1, 0.15) is 0 Å². The van der Waals surface area contributed by atoms with E-state index in [1.54, 1.807) is 0 Å². The van der Waals surface area contributed by atoms with Gasteiger partial charge in [0.25, 0.3) is 0 Å². The SMILES string of the molecule is CC(C)(C)c1nn(Cc2ccccc2)cc1CNCC1(CO)CC1. The molecule has 3 rings (SSSR count). The van der Waals surface area contributed by atoms with Crippen LogP contribution in [0.2, 0.25) is 0 Å². The molecule has 0 aliphatic heterocycles. The summed E-state index contributed by atoms with van der Waals surface area (Å²) in [5.41, 5.74) is 3.83. The quantitative estimate of drug-likeness (QED) is 0.821. The Bertz CT molecular complexity index is 666. The number of aliphatic hydroxyl groups excluding tert-OH is 1. The molecule has 130 valence electrons. The zero-order chi connectivity index (χ0) is 17.2. The number of rotatable bonds is 7. The summed E-state index contributed by atoms with van der Waals surface area (Å²) in [5, 5.41) is 17.8. The molecule has 2 aromatic rings. The molecule has 0 radical (unpaired) electrons. The van der Waals surface area contributed by atoms with Gasteiger partial charge in [0.2, 0.25) is 0 Å². The highest BCUT2D eigenvalue weighted by atomic mass is 16.3. The third kappa shape index (κ3) is 4.05. The van der Waals surface area contributed by atoms with Crippen LogP contribution in [0.4, 0.5) is 0 Å². The van der Waals surface area contributed by atoms with Gasteiger partial charge in [0, 0.05) is 42.3 Å². The Morgan fingerprint density at radius 2 is 1.92 bits per heavy atom. The summed E-state index contributed by atoms with van der Waals surface area (Å²) in [7, 11) is 0. The average molecular weight is 327 g/mol. The molecular weight excluding hydrogens is 298 g/mol. The molecule has 1 fully saturated rings. The van der Waals surface area contributed by atoms with Crippen LogP contribution in [0.25, 0.3) is 0 Å². The van der Waals surface area contributed by atoms with Crippen LogP contribution in [-0.2, 0) is 18.5 Å². The molecule has 0 bridgehead atoms. The van der Waals surface area contributed by atoms with Crippen molar-refractivity contribution < 1.29 is 5.11 Å². The molecule has 1 aliphatic rings. The highest BCUT2D eigenvalue weighted by Crippen LogP contribution is 2.44. The van der Waals surface area contributed by atoms with Gasteiger partial charge in [-0.15, -0.1) is 0 Å². The third-order valence-corrected chi connectivity index (χ3v) is 4.84. The fourth-order valence-corrected chi connectivity index (χ4v) is 3.10. The van der Waals surface area contributed by atoms with E-state index in [1.807, 2.05) is 10.7 Å². The van der Waals surface area contributed by atoms with E-state index in [0.717, 1.165) is 38.2 Å². The normalized spacial score (nSPS) is 16.3. The number of hydrogen-bond acceptors (Lipinski definition) is 3. The van der Waals surface area contributed by atoms with Gasteiger partial charge in [-0.2, -0.15) is 5.10 Å². The molecule has 1 saturated carbocycles. The van der Waals surface area contributed by atoms with Crippen LogP contribution >= 0.6 is 0 Å². The Morgan fingerprint density at radius 3 is 2.50 bits per heavy atom. The minimum Gasteiger partial charge on any atom is -0.396 e. The van der Waals surface area contributed by atoms with E-state index >= 15 is 0 Å². The van der Waals surface area contributed by atoms with Gasteiger partial charge in [-0.1, -0.05) is 51.1 Å². The average Bonchev–Trinajstić information content (AvgIpc) is 3.21. The summed E-state index contributed by atoms with van der Waals surface area (Å²) < 4.78 is 2.05. The lowest BCUT2D eigenvalue weighted by atomic mass is 9.89. The molecule has 1 aromatic carbocycles. The second-order valence-corrected chi connectivity index (χ2v) is 8.20. The van der Waals surface area contributed by atoms with Crippen molar-refractivity contribution in [2.75, 3.05) is 13.2 Å². The summed E-state index contributed by atoms with van der Waals surface area (Å²) in [5.74, 6) is 0. The molecule has 4 nitrogen and oxygen atoms in total. The fraction of sp³-hybridized carbons (Fsp3) is 0.550. The van der Waals surface area contributed by atoms with Crippen molar-refractivity contribution in [3.63, 3.8) is 0 Å². The first kappa shape index (κ1) is 17.2. The van der Waals surface area contributed by atoms with Crippen molar-refractivity contribution in [3.05, 3.63) is 53.3 Å². The maximum atomic E-state index is 9.45. The molecule has 0 amide bonds. The molecule has 0 unspecified atom stereocenters. The Hall–Kier alpha value is -1.65. The number of aromatic nitrogens is 2. The number of nitrogens with zero attached hydrogens (tertiary/aromatic N) is 2. The van der Waals surface area contributed by atoms with Gasteiger partial charge in [-0.25, -0.2) is 0 Å². The zero-order valence-electron chi connectivity index (χ0n) is 15.0. The predicted molar refractivity (Wildman–Crippen MR) is 96.9 cm³/mol. The molecule has 2 N–H and O–H groups in total. The number of hydrogen-bond donors (Lipinski definition) is 2. The maximum absolute atomic E-state index is 9.45. The van der Waals surface area contributed by atoms with Crippen molar-refractivity contribution >= 4 is 0 Å². The molecule has 0 atom stereocenters. The predicted octanol–water partition coefficient (Wildman–Crippen LogP) is 3.09. The van der Waals surface area contributed by atoms with Crippen molar-refractivity contribution in [1.29, 1.82) is 0 Å². The Labute approximate surface area is 144 Å². The number of benzene rings is 1. The summed E-state index contributed by atoms with van der Waals surface area (Å²) in [6, 6.07) is 10.4. The van der Waals surface area contributed by atoms with Crippen LogP contribution < -0.4 is 5.32 Å². The molecule has 1 aromatic heterocycles. The topological polar surface area (TPSA) is 50.1 Å². The van der Waals surface area contributed by atoms with Gasteiger partial charge in [-0.05, 0) is 18.4 Å². The van der Waals surface area contributed by atoms with E-state index in [-0.39, 0.29) is 10.8 Å². The van der Waals surface area contributed by atoms with E-state index in [1.165, 1.54) is 11.1 Å². The first-order valence-corrected chi connectivity index (χ1v) is 8.84. The lowest BCUT2D eigenvalue weighted by Crippen LogP contribution is -2.27. The number of nitrogens with one attached hydrogen (secondary N) is 1. The highest BCUT2D eigenvalue weighted by molar-refractivity contribution is 5.25. The summed E-state index contributed by atoms with van der Waals surface area (Å²) in [6.45, 7) is 9.41. The molecule has 0 saturated heterocycles. The summed E-state index contributed by atoms with van der Waals surface area (Å²) in [6.07, 6.45) is 4.44. The highest BCUT2D eigenvalue weighted by Gasteiger charge is 2.41. The molecule has 0 spiro atoms. The molecule has 24 heavy (non-hydrogen) atoms. The maximum Gasteiger partial charge on any atom is 0.0723 e. The molecule has 4 heteroatoms. The monoisotopic (exact) mass is 327 g/mol. The van der Waals surface area contributed by atoms with Crippen molar-refractivity contribution in [3.8, 4) is 0 Å². The van der Waals surface area contributed by atoms with Crippen LogP contribution in [0.15, 0.2) is 36.5 Å². The first-order chi connectivity index (χ1) is 11.4. The van der Waals surface area contributed by atoms with E-state index in [9.17, 15) is 5.11 Å². The van der Waals surface area contributed by atoms with Crippen molar-refractivity contribution in [1.82, 2.24) is 15.1 Å².